The van der Waals surface area contributed by atoms with Crippen LogP contribution in [-0.4, -0.2) is 31.2 Å². The molecule has 4 rings (SSSR count). The fourth-order valence-electron chi connectivity index (χ4n) is 3.00. The molecule has 0 atom stereocenters. The van der Waals surface area contributed by atoms with Crippen LogP contribution in [0.2, 0.25) is 0 Å². The second-order valence-electron chi connectivity index (χ2n) is 7.90. The van der Waals surface area contributed by atoms with Gasteiger partial charge in [-0.2, -0.15) is 0 Å². The lowest BCUT2D eigenvalue weighted by atomic mass is 10.2. The van der Waals surface area contributed by atoms with Gasteiger partial charge in [-0.05, 0) is 55.2 Å². The summed E-state index contributed by atoms with van der Waals surface area (Å²) in [6, 6.07) is 12.2. The molecule has 7 heteroatoms. The van der Waals surface area contributed by atoms with Gasteiger partial charge >= 0.3 is 0 Å². The monoisotopic (exact) mass is 522 g/mol. The van der Waals surface area contributed by atoms with Crippen molar-refractivity contribution >= 4 is 29.9 Å². The number of aromatic nitrogens is 1. The van der Waals surface area contributed by atoms with E-state index in [2.05, 4.69) is 26.7 Å². The van der Waals surface area contributed by atoms with Crippen LogP contribution in [0.5, 0.6) is 11.6 Å². The van der Waals surface area contributed by atoms with E-state index in [1.165, 1.54) is 25.7 Å². The zero-order valence-corrected chi connectivity index (χ0v) is 19.8. The molecule has 0 saturated heterocycles. The number of nitrogens with one attached hydrogen (secondary N) is 2. The van der Waals surface area contributed by atoms with E-state index in [4.69, 9.17) is 9.47 Å². The molecular formula is C23H31IN4O2. The van der Waals surface area contributed by atoms with E-state index in [0.717, 1.165) is 47.9 Å². The molecule has 0 radical (unpaired) electrons. The maximum atomic E-state index is 5.99. The van der Waals surface area contributed by atoms with Crippen molar-refractivity contribution in [3.8, 4) is 11.6 Å². The molecule has 0 amide bonds. The van der Waals surface area contributed by atoms with Crippen molar-refractivity contribution in [1.29, 1.82) is 0 Å². The highest BCUT2D eigenvalue weighted by Crippen LogP contribution is 2.30. The molecule has 2 aliphatic carbocycles. The fraction of sp³-hybridized carbons (Fsp3) is 0.478. The van der Waals surface area contributed by atoms with Gasteiger partial charge in [-0.15, -0.1) is 24.0 Å². The second kappa shape index (κ2) is 11.4. The first-order valence-electron chi connectivity index (χ1n) is 10.5. The Hall–Kier alpha value is -2.03. The molecule has 30 heavy (non-hydrogen) atoms. The average molecular weight is 522 g/mol. The Morgan fingerprint density at radius 3 is 2.43 bits per heavy atom. The number of hydrogen-bond donors (Lipinski definition) is 2. The van der Waals surface area contributed by atoms with Crippen molar-refractivity contribution < 1.29 is 9.47 Å². The summed E-state index contributed by atoms with van der Waals surface area (Å²) in [5.74, 6) is 3.86. The van der Waals surface area contributed by atoms with Crippen LogP contribution in [-0.2, 0) is 13.1 Å². The van der Waals surface area contributed by atoms with E-state index in [1.807, 2.05) is 30.3 Å². The van der Waals surface area contributed by atoms with Crippen molar-refractivity contribution in [3.05, 3.63) is 53.7 Å². The molecule has 1 aromatic heterocycles. The van der Waals surface area contributed by atoms with Crippen LogP contribution in [0.3, 0.4) is 0 Å². The molecular weight excluding hydrogens is 491 g/mol. The van der Waals surface area contributed by atoms with Gasteiger partial charge in [-0.1, -0.05) is 18.2 Å². The summed E-state index contributed by atoms with van der Waals surface area (Å²) in [5, 5.41) is 6.73. The molecule has 2 N–H and O–H groups in total. The minimum atomic E-state index is 0. The third kappa shape index (κ3) is 7.34. The molecule has 162 valence electrons. The zero-order valence-electron chi connectivity index (χ0n) is 17.5. The number of hydrogen-bond acceptors (Lipinski definition) is 4. The van der Waals surface area contributed by atoms with Gasteiger partial charge in [0.05, 0.1) is 13.2 Å². The minimum Gasteiger partial charge on any atom is -0.493 e. The minimum absolute atomic E-state index is 0. The summed E-state index contributed by atoms with van der Waals surface area (Å²) >= 11 is 0. The molecule has 1 heterocycles. The van der Waals surface area contributed by atoms with Gasteiger partial charge in [0.2, 0.25) is 5.88 Å². The fourth-order valence-corrected chi connectivity index (χ4v) is 3.00. The topological polar surface area (TPSA) is 67.8 Å². The lowest BCUT2D eigenvalue weighted by Crippen LogP contribution is -2.36. The number of halogens is 1. The molecule has 2 aliphatic rings. The van der Waals surface area contributed by atoms with Crippen LogP contribution in [0.4, 0.5) is 0 Å². The largest absolute Gasteiger partial charge is 0.493 e. The second-order valence-corrected chi connectivity index (χ2v) is 7.90. The van der Waals surface area contributed by atoms with Gasteiger partial charge < -0.3 is 20.1 Å². The van der Waals surface area contributed by atoms with Crippen molar-refractivity contribution in [2.45, 2.75) is 38.8 Å². The van der Waals surface area contributed by atoms with Crippen molar-refractivity contribution in [2.24, 2.45) is 16.8 Å². The predicted molar refractivity (Wildman–Crippen MR) is 130 cm³/mol. The quantitative estimate of drug-likeness (QED) is 0.279. The molecule has 6 nitrogen and oxygen atoms in total. The third-order valence-electron chi connectivity index (χ3n) is 5.24. The van der Waals surface area contributed by atoms with E-state index in [0.29, 0.717) is 19.0 Å². The highest BCUT2D eigenvalue weighted by atomic mass is 127. The SMILES string of the molecule is CN=C(NCc1ccnc(OCC2CC2)c1)NCc1ccccc1OCC1CC1.I. The summed E-state index contributed by atoms with van der Waals surface area (Å²) in [7, 11) is 1.78. The number of aliphatic imine (C=N–C) groups is 1. The van der Waals surface area contributed by atoms with E-state index < -0.39 is 0 Å². The number of para-hydroxylation sites is 1. The van der Waals surface area contributed by atoms with Crippen LogP contribution >= 0.6 is 24.0 Å². The average Bonchev–Trinajstić information content (AvgIpc) is 3.67. The molecule has 1 aromatic carbocycles. The lowest BCUT2D eigenvalue weighted by molar-refractivity contribution is 0.288. The highest BCUT2D eigenvalue weighted by molar-refractivity contribution is 14.0. The summed E-state index contributed by atoms with van der Waals surface area (Å²) in [5.41, 5.74) is 2.25. The summed E-state index contributed by atoms with van der Waals surface area (Å²) in [4.78, 5) is 8.63. The van der Waals surface area contributed by atoms with Gasteiger partial charge in [0, 0.05) is 38.0 Å². The first-order chi connectivity index (χ1) is 14.3. The lowest BCUT2D eigenvalue weighted by Gasteiger charge is -2.15. The normalized spacial score (nSPS) is 15.8. The van der Waals surface area contributed by atoms with Gasteiger partial charge in [0.1, 0.15) is 5.75 Å². The van der Waals surface area contributed by atoms with Crippen LogP contribution in [0.25, 0.3) is 0 Å². The number of benzene rings is 1. The van der Waals surface area contributed by atoms with Crippen molar-refractivity contribution in [1.82, 2.24) is 15.6 Å². The standard InChI is InChI=1S/C23H30N4O2.HI/c1-24-23(26-13-19-10-11-25-22(12-19)29-16-18-8-9-18)27-14-20-4-2-3-5-21(20)28-15-17-6-7-17;/h2-5,10-12,17-18H,6-9,13-16H2,1H3,(H2,24,26,27);1H. The van der Waals surface area contributed by atoms with Crippen LogP contribution in [0.1, 0.15) is 36.8 Å². The number of rotatable bonds is 10. The van der Waals surface area contributed by atoms with E-state index in [9.17, 15) is 0 Å². The summed E-state index contributed by atoms with van der Waals surface area (Å²) in [6.07, 6.45) is 6.93. The Labute approximate surface area is 195 Å². The zero-order chi connectivity index (χ0) is 19.9. The summed E-state index contributed by atoms with van der Waals surface area (Å²) < 4.78 is 11.8. The maximum absolute atomic E-state index is 5.99. The molecule has 0 unspecified atom stereocenters. The number of ether oxygens (including phenoxy) is 2. The molecule has 0 bridgehead atoms. The Morgan fingerprint density at radius 2 is 1.70 bits per heavy atom. The number of guanidine groups is 1. The molecule has 0 aliphatic heterocycles. The molecule has 2 saturated carbocycles. The Bertz CT molecular complexity index is 837. The predicted octanol–water partition coefficient (Wildman–Crippen LogP) is 4.14. The van der Waals surface area contributed by atoms with Crippen LogP contribution < -0.4 is 20.1 Å². The molecule has 0 spiro atoms. The van der Waals surface area contributed by atoms with Crippen molar-refractivity contribution in [2.75, 3.05) is 20.3 Å². The molecule has 2 fully saturated rings. The van der Waals surface area contributed by atoms with Gasteiger partial charge in [0.25, 0.3) is 0 Å². The summed E-state index contributed by atoms with van der Waals surface area (Å²) in [6.45, 7) is 2.90. The third-order valence-corrected chi connectivity index (χ3v) is 5.24. The van der Waals surface area contributed by atoms with Gasteiger partial charge in [-0.25, -0.2) is 4.98 Å². The van der Waals surface area contributed by atoms with E-state index >= 15 is 0 Å². The van der Waals surface area contributed by atoms with E-state index in [1.54, 1.807) is 13.2 Å². The highest BCUT2D eigenvalue weighted by Gasteiger charge is 2.22. The first kappa shape index (κ1) is 22.7. The maximum Gasteiger partial charge on any atom is 0.213 e. The smallest absolute Gasteiger partial charge is 0.213 e. The van der Waals surface area contributed by atoms with Gasteiger partial charge in [-0.3, -0.25) is 4.99 Å². The first-order valence-corrected chi connectivity index (χ1v) is 10.5. The van der Waals surface area contributed by atoms with Gasteiger partial charge in [0.15, 0.2) is 5.96 Å². The number of pyridine rings is 1. The van der Waals surface area contributed by atoms with Crippen molar-refractivity contribution in [3.63, 3.8) is 0 Å². The van der Waals surface area contributed by atoms with Crippen LogP contribution in [0, 0.1) is 11.8 Å². The molecule has 2 aromatic rings. The Morgan fingerprint density at radius 1 is 1.00 bits per heavy atom. The Balaban J connectivity index is 0.00000256. The number of nitrogens with zero attached hydrogens (tertiary/aromatic N) is 2. The van der Waals surface area contributed by atoms with Crippen LogP contribution in [0.15, 0.2) is 47.6 Å². The Kier molecular flexibility index (Phi) is 8.60. The van der Waals surface area contributed by atoms with E-state index in [-0.39, 0.29) is 24.0 Å².